The summed E-state index contributed by atoms with van der Waals surface area (Å²) in [5.74, 6) is -0.746. The van der Waals surface area contributed by atoms with Crippen LogP contribution >= 0.6 is 0 Å². The third-order valence-corrected chi connectivity index (χ3v) is 6.46. The van der Waals surface area contributed by atoms with Gasteiger partial charge in [0.05, 0.1) is 29.4 Å². The van der Waals surface area contributed by atoms with E-state index in [2.05, 4.69) is 10.0 Å². The van der Waals surface area contributed by atoms with E-state index < -0.39 is 27.7 Å². The number of ether oxygens (including phenoxy) is 1. The van der Waals surface area contributed by atoms with Gasteiger partial charge < -0.3 is 15.0 Å². The number of nitrogens with one attached hydrogen (secondary N) is 2. The van der Waals surface area contributed by atoms with Crippen LogP contribution in [0.25, 0.3) is 6.08 Å². The molecular weight excluding hydrogens is 459 g/mol. The van der Waals surface area contributed by atoms with Crippen LogP contribution in [0.15, 0.2) is 53.4 Å². The number of morpholine rings is 1. The molecule has 0 saturated carbocycles. The largest absolute Gasteiger partial charge is 0.418 e. The number of carbonyl (C=O) groups is 1. The lowest BCUT2D eigenvalue weighted by molar-refractivity contribution is -0.136. The SMILES string of the molecule is CCNS(=O)(=O)c1ccc(/C=C/C(=O)Nc2ccc(N3CCOCC3)cc2C(F)(F)F)cc1. The lowest BCUT2D eigenvalue weighted by atomic mass is 10.1. The second kappa shape index (κ2) is 10.4. The van der Waals surface area contributed by atoms with Gasteiger partial charge >= 0.3 is 6.18 Å². The van der Waals surface area contributed by atoms with E-state index in [9.17, 15) is 26.4 Å². The van der Waals surface area contributed by atoms with Gasteiger partial charge in [0, 0.05) is 31.4 Å². The number of nitrogens with zero attached hydrogens (tertiary/aromatic N) is 1. The summed E-state index contributed by atoms with van der Waals surface area (Å²) in [5.41, 5.74) is -0.362. The molecule has 2 aromatic rings. The predicted octanol–water partition coefficient (Wildman–Crippen LogP) is 3.49. The zero-order valence-corrected chi connectivity index (χ0v) is 18.7. The maximum Gasteiger partial charge on any atom is 0.418 e. The fourth-order valence-electron chi connectivity index (χ4n) is 3.27. The Labute approximate surface area is 190 Å². The quantitative estimate of drug-likeness (QED) is 0.589. The summed E-state index contributed by atoms with van der Waals surface area (Å²) in [6.45, 7) is 3.76. The van der Waals surface area contributed by atoms with Crippen LogP contribution in [-0.2, 0) is 25.7 Å². The first-order valence-corrected chi connectivity index (χ1v) is 11.7. The molecule has 0 aliphatic carbocycles. The molecule has 1 amide bonds. The van der Waals surface area contributed by atoms with Gasteiger partial charge in [0.1, 0.15) is 0 Å². The Bertz CT molecular complexity index is 1110. The minimum Gasteiger partial charge on any atom is -0.378 e. The number of alkyl halides is 3. The van der Waals surface area contributed by atoms with Crippen LogP contribution < -0.4 is 14.9 Å². The molecule has 0 bridgehead atoms. The number of benzene rings is 2. The van der Waals surface area contributed by atoms with E-state index in [0.717, 1.165) is 12.1 Å². The fraction of sp³-hybridized carbons (Fsp3) is 0.318. The first-order valence-electron chi connectivity index (χ1n) is 10.2. The summed E-state index contributed by atoms with van der Waals surface area (Å²) in [4.78, 5) is 14.1. The van der Waals surface area contributed by atoms with Gasteiger partial charge in [-0.25, -0.2) is 13.1 Å². The number of halogens is 3. The van der Waals surface area contributed by atoms with Crippen molar-refractivity contribution in [2.75, 3.05) is 43.1 Å². The standard InChI is InChI=1S/C22H24F3N3O4S/c1-2-26-33(30,31)18-7-3-16(4-8-18)5-10-21(29)27-20-9-6-17(15-19(20)22(23,24)25)28-11-13-32-14-12-28/h3-10,15,26H,2,11-14H2,1H3,(H,27,29)/b10-5+. The van der Waals surface area contributed by atoms with Gasteiger partial charge in [-0.1, -0.05) is 19.1 Å². The highest BCUT2D eigenvalue weighted by atomic mass is 32.2. The fourth-order valence-corrected chi connectivity index (χ4v) is 4.31. The second-order valence-electron chi connectivity index (χ2n) is 7.22. The highest BCUT2D eigenvalue weighted by molar-refractivity contribution is 7.89. The van der Waals surface area contributed by atoms with E-state index in [-0.39, 0.29) is 17.1 Å². The molecule has 3 rings (SSSR count). The first-order chi connectivity index (χ1) is 15.6. The highest BCUT2D eigenvalue weighted by Crippen LogP contribution is 2.37. The number of rotatable bonds is 7. The Morgan fingerprint density at radius 2 is 1.79 bits per heavy atom. The summed E-state index contributed by atoms with van der Waals surface area (Å²) in [5, 5.41) is 2.28. The molecule has 1 aliphatic rings. The van der Waals surface area contributed by atoms with E-state index in [1.165, 1.54) is 42.5 Å². The van der Waals surface area contributed by atoms with E-state index >= 15 is 0 Å². The van der Waals surface area contributed by atoms with Gasteiger partial charge in [0.25, 0.3) is 0 Å². The Balaban J connectivity index is 1.73. The molecule has 33 heavy (non-hydrogen) atoms. The van der Waals surface area contributed by atoms with E-state index in [1.807, 2.05) is 0 Å². The number of sulfonamides is 1. The number of amides is 1. The number of anilines is 2. The molecule has 7 nitrogen and oxygen atoms in total. The van der Waals surface area contributed by atoms with Crippen LogP contribution in [0.5, 0.6) is 0 Å². The minimum atomic E-state index is -4.65. The van der Waals surface area contributed by atoms with Crippen molar-refractivity contribution in [3.63, 3.8) is 0 Å². The van der Waals surface area contributed by atoms with Crippen LogP contribution in [0.2, 0.25) is 0 Å². The van der Waals surface area contributed by atoms with E-state index in [0.29, 0.717) is 37.6 Å². The predicted molar refractivity (Wildman–Crippen MR) is 119 cm³/mol. The topological polar surface area (TPSA) is 87.7 Å². The monoisotopic (exact) mass is 483 g/mol. The third-order valence-electron chi connectivity index (χ3n) is 4.89. The summed E-state index contributed by atoms with van der Waals surface area (Å²) in [6.07, 6.45) is -2.18. The van der Waals surface area contributed by atoms with Gasteiger partial charge in [-0.2, -0.15) is 13.2 Å². The van der Waals surface area contributed by atoms with Crippen LogP contribution in [0.3, 0.4) is 0 Å². The van der Waals surface area contributed by atoms with Crippen molar-refractivity contribution in [2.24, 2.45) is 0 Å². The van der Waals surface area contributed by atoms with Crippen LogP contribution in [0.4, 0.5) is 24.5 Å². The highest BCUT2D eigenvalue weighted by Gasteiger charge is 2.34. The molecule has 0 unspecified atom stereocenters. The number of carbonyl (C=O) groups excluding carboxylic acids is 1. The second-order valence-corrected chi connectivity index (χ2v) is 8.99. The van der Waals surface area contributed by atoms with Crippen molar-refractivity contribution < 1.29 is 31.1 Å². The van der Waals surface area contributed by atoms with Crippen LogP contribution in [-0.4, -0.2) is 47.2 Å². The molecule has 1 fully saturated rings. The molecule has 0 aromatic heterocycles. The maximum atomic E-state index is 13.6. The lowest BCUT2D eigenvalue weighted by Gasteiger charge is -2.29. The molecule has 0 atom stereocenters. The first kappa shape index (κ1) is 24.7. The normalized spacial score (nSPS) is 15.1. The van der Waals surface area contributed by atoms with E-state index in [4.69, 9.17) is 4.74 Å². The van der Waals surface area contributed by atoms with Crippen molar-refractivity contribution in [2.45, 2.75) is 18.0 Å². The van der Waals surface area contributed by atoms with Crippen LogP contribution in [0, 0.1) is 0 Å². The van der Waals surface area contributed by atoms with Crippen molar-refractivity contribution >= 4 is 33.4 Å². The molecule has 1 saturated heterocycles. The van der Waals surface area contributed by atoms with Crippen molar-refractivity contribution in [3.8, 4) is 0 Å². The molecule has 1 aliphatic heterocycles. The van der Waals surface area contributed by atoms with Crippen LogP contribution in [0.1, 0.15) is 18.1 Å². The summed E-state index contributed by atoms with van der Waals surface area (Å²) >= 11 is 0. The molecule has 178 valence electrons. The minimum absolute atomic E-state index is 0.0705. The van der Waals surface area contributed by atoms with E-state index in [1.54, 1.807) is 11.8 Å². The Kier molecular flexibility index (Phi) is 7.77. The van der Waals surface area contributed by atoms with Gasteiger partial charge in [-0.3, -0.25) is 4.79 Å². The molecule has 0 spiro atoms. The zero-order valence-electron chi connectivity index (χ0n) is 17.9. The Morgan fingerprint density at radius 1 is 1.12 bits per heavy atom. The lowest BCUT2D eigenvalue weighted by Crippen LogP contribution is -2.36. The van der Waals surface area contributed by atoms with Crippen molar-refractivity contribution in [1.29, 1.82) is 0 Å². The maximum absolute atomic E-state index is 13.6. The zero-order chi connectivity index (χ0) is 24.1. The molecule has 1 heterocycles. The number of hydrogen-bond donors (Lipinski definition) is 2. The van der Waals surface area contributed by atoms with Gasteiger partial charge in [-0.05, 0) is 42.0 Å². The Hall–Kier alpha value is -2.89. The average molecular weight is 484 g/mol. The Morgan fingerprint density at radius 3 is 2.39 bits per heavy atom. The molecule has 11 heteroatoms. The summed E-state index contributed by atoms with van der Waals surface area (Å²) in [7, 11) is -3.60. The van der Waals surface area contributed by atoms with Gasteiger partial charge in [-0.15, -0.1) is 0 Å². The van der Waals surface area contributed by atoms with Gasteiger partial charge in [0.15, 0.2) is 0 Å². The van der Waals surface area contributed by atoms with Gasteiger partial charge in [0.2, 0.25) is 15.9 Å². The molecule has 2 aromatic carbocycles. The molecule has 0 radical (unpaired) electrons. The van der Waals surface area contributed by atoms with Crippen molar-refractivity contribution in [1.82, 2.24) is 4.72 Å². The molecule has 2 N–H and O–H groups in total. The summed E-state index contributed by atoms with van der Waals surface area (Å²) in [6, 6.07) is 9.53. The smallest absolute Gasteiger partial charge is 0.378 e. The molecular formula is C22H24F3N3O4S. The third kappa shape index (κ3) is 6.56. The van der Waals surface area contributed by atoms with Crippen molar-refractivity contribution in [3.05, 3.63) is 59.7 Å². The average Bonchev–Trinajstić information content (AvgIpc) is 2.78. The number of hydrogen-bond acceptors (Lipinski definition) is 5. The summed E-state index contributed by atoms with van der Waals surface area (Å²) < 4.78 is 72.4.